The molecular formula is C20H15FN4O3. The number of aromatic amines is 1. The molecule has 8 heteroatoms. The molecule has 0 amide bonds. The summed E-state index contributed by atoms with van der Waals surface area (Å²) in [5.74, 6) is -0.0961. The van der Waals surface area contributed by atoms with Crippen LogP contribution in [0.2, 0.25) is 0 Å². The van der Waals surface area contributed by atoms with Crippen molar-refractivity contribution in [1.82, 2.24) is 19.5 Å². The predicted octanol–water partition coefficient (Wildman–Crippen LogP) is 2.50. The van der Waals surface area contributed by atoms with Crippen LogP contribution in [0.5, 0.6) is 5.75 Å². The fourth-order valence-corrected chi connectivity index (χ4v) is 2.86. The Hall–Kier alpha value is -3.81. The molecule has 0 unspecified atom stereocenters. The van der Waals surface area contributed by atoms with Crippen molar-refractivity contribution in [2.24, 2.45) is 0 Å². The van der Waals surface area contributed by atoms with E-state index in [1.807, 2.05) is 0 Å². The van der Waals surface area contributed by atoms with E-state index in [1.54, 1.807) is 37.3 Å². The van der Waals surface area contributed by atoms with Gasteiger partial charge in [-0.25, -0.2) is 18.7 Å². The Labute approximate surface area is 158 Å². The highest BCUT2D eigenvalue weighted by molar-refractivity contribution is 5.72. The lowest BCUT2D eigenvalue weighted by Gasteiger charge is -2.12. The number of halogens is 1. The molecule has 3 aromatic heterocycles. The third kappa shape index (κ3) is 3.16. The zero-order valence-electron chi connectivity index (χ0n) is 14.8. The Morgan fingerprint density at radius 1 is 1.11 bits per heavy atom. The molecule has 0 spiro atoms. The molecule has 0 aliphatic rings. The summed E-state index contributed by atoms with van der Waals surface area (Å²) >= 11 is 0. The highest BCUT2D eigenvalue weighted by atomic mass is 19.1. The van der Waals surface area contributed by atoms with Crippen molar-refractivity contribution in [2.45, 2.75) is 13.5 Å². The SMILES string of the molecule is Cc1ccc(OCc2ncccc2F)cc1-n1c(=O)[nH]c2cccnc2c1=O. The first-order valence-corrected chi connectivity index (χ1v) is 8.48. The van der Waals surface area contributed by atoms with Crippen LogP contribution in [0.3, 0.4) is 0 Å². The van der Waals surface area contributed by atoms with Gasteiger partial charge in [-0.05, 0) is 42.8 Å². The van der Waals surface area contributed by atoms with Gasteiger partial charge in [-0.1, -0.05) is 6.07 Å². The van der Waals surface area contributed by atoms with Crippen LogP contribution < -0.4 is 16.0 Å². The highest BCUT2D eigenvalue weighted by Gasteiger charge is 2.13. The van der Waals surface area contributed by atoms with Gasteiger partial charge < -0.3 is 9.72 Å². The number of fused-ring (bicyclic) bond motifs is 1. The number of ether oxygens (including phenoxy) is 1. The summed E-state index contributed by atoms with van der Waals surface area (Å²) in [5, 5.41) is 0. The second-order valence-electron chi connectivity index (χ2n) is 6.14. The first kappa shape index (κ1) is 17.6. The maximum absolute atomic E-state index is 13.7. The minimum absolute atomic E-state index is 0.0836. The van der Waals surface area contributed by atoms with Gasteiger partial charge in [0.15, 0.2) is 5.52 Å². The molecule has 4 aromatic rings. The fraction of sp³-hybridized carbons (Fsp3) is 0.100. The van der Waals surface area contributed by atoms with Crippen LogP contribution in [0.25, 0.3) is 16.7 Å². The Morgan fingerprint density at radius 3 is 2.71 bits per heavy atom. The maximum atomic E-state index is 13.7. The molecule has 28 heavy (non-hydrogen) atoms. The topological polar surface area (TPSA) is 89.9 Å². The third-order valence-electron chi connectivity index (χ3n) is 4.29. The molecule has 0 fully saturated rings. The number of benzene rings is 1. The molecule has 1 aromatic carbocycles. The van der Waals surface area contributed by atoms with Crippen LogP contribution in [-0.4, -0.2) is 19.5 Å². The van der Waals surface area contributed by atoms with Crippen LogP contribution >= 0.6 is 0 Å². The highest BCUT2D eigenvalue weighted by Crippen LogP contribution is 2.21. The van der Waals surface area contributed by atoms with Gasteiger partial charge in [0, 0.05) is 18.5 Å². The van der Waals surface area contributed by atoms with Crippen molar-refractivity contribution in [1.29, 1.82) is 0 Å². The number of aryl methyl sites for hydroxylation is 1. The van der Waals surface area contributed by atoms with Crippen LogP contribution in [0.1, 0.15) is 11.3 Å². The number of H-pyrrole nitrogens is 1. The molecule has 0 aliphatic carbocycles. The Kier molecular flexibility index (Phi) is 4.44. The van der Waals surface area contributed by atoms with Gasteiger partial charge >= 0.3 is 5.69 Å². The van der Waals surface area contributed by atoms with Crippen molar-refractivity contribution >= 4 is 11.0 Å². The standard InChI is InChI=1S/C20H15FN4O3/c1-12-6-7-13(28-11-16-14(21)4-2-8-22-16)10-17(12)25-19(26)18-15(24-20(25)27)5-3-9-23-18/h2-10H,11H2,1H3,(H,24,27). The smallest absolute Gasteiger partial charge is 0.333 e. The van der Waals surface area contributed by atoms with Gasteiger partial charge in [0.1, 0.15) is 23.9 Å². The molecule has 0 saturated carbocycles. The summed E-state index contributed by atoms with van der Waals surface area (Å²) < 4.78 is 20.3. The number of rotatable bonds is 4. The largest absolute Gasteiger partial charge is 0.487 e. The summed E-state index contributed by atoms with van der Waals surface area (Å²) in [6.07, 6.45) is 2.96. The number of aromatic nitrogens is 4. The Morgan fingerprint density at radius 2 is 1.89 bits per heavy atom. The predicted molar refractivity (Wildman–Crippen MR) is 101 cm³/mol. The number of hydrogen-bond acceptors (Lipinski definition) is 5. The van der Waals surface area contributed by atoms with Gasteiger partial charge in [0.2, 0.25) is 0 Å². The number of hydrogen-bond donors (Lipinski definition) is 1. The van der Waals surface area contributed by atoms with E-state index in [1.165, 1.54) is 24.5 Å². The molecule has 0 saturated heterocycles. The fourth-order valence-electron chi connectivity index (χ4n) is 2.86. The lowest BCUT2D eigenvalue weighted by molar-refractivity contribution is 0.294. The van der Waals surface area contributed by atoms with Crippen LogP contribution in [0.4, 0.5) is 4.39 Å². The Balaban J connectivity index is 1.76. The van der Waals surface area contributed by atoms with Gasteiger partial charge in [0.25, 0.3) is 5.56 Å². The molecule has 0 bridgehead atoms. The second kappa shape index (κ2) is 7.07. The normalized spacial score (nSPS) is 10.9. The monoisotopic (exact) mass is 378 g/mol. The van der Waals surface area contributed by atoms with Crippen LogP contribution in [-0.2, 0) is 6.61 Å². The third-order valence-corrected chi connectivity index (χ3v) is 4.29. The van der Waals surface area contributed by atoms with E-state index >= 15 is 0 Å². The van der Waals surface area contributed by atoms with Crippen molar-refractivity contribution in [3.63, 3.8) is 0 Å². The number of nitrogens with one attached hydrogen (secondary N) is 1. The summed E-state index contributed by atoms with van der Waals surface area (Å²) in [6, 6.07) is 11.0. The van der Waals surface area contributed by atoms with E-state index in [-0.39, 0.29) is 17.8 Å². The molecule has 7 nitrogen and oxygen atoms in total. The summed E-state index contributed by atoms with van der Waals surface area (Å²) in [4.78, 5) is 36.0. The van der Waals surface area contributed by atoms with Crippen LogP contribution in [0, 0.1) is 12.7 Å². The molecule has 0 aliphatic heterocycles. The Bertz CT molecular complexity index is 1300. The molecule has 4 rings (SSSR count). The van der Waals surface area contributed by atoms with Crippen molar-refractivity contribution in [3.05, 3.63) is 92.8 Å². The lowest BCUT2D eigenvalue weighted by Crippen LogP contribution is -2.34. The average Bonchev–Trinajstić information content (AvgIpc) is 2.69. The van der Waals surface area contributed by atoms with Crippen molar-refractivity contribution in [3.8, 4) is 11.4 Å². The van der Waals surface area contributed by atoms with Gasteiger partial charge in [-0.2, -0.15) is 0 Å². The summed E-state index contributed by atoms with van der Waals surface area (Å²) in [7, 11) is 0. The number of nitrogens with zero attached hydrogens (tertiary/aromatic N) is 3. The van der Waals surface area contributed by atoms with E-state index in [0.29, 0.717) is 22.5 Å². The molecule has 0 radical (unpaired) electrons. The first-order valence-electron chi connectivity index (χ1n) is 8.48. The van der Waals surface area contributed by atoms with Gasteiger partial charge in [-0.3, -0.25) is 9.78 Å². The van der Waals surface area contributed by atoms with E-state index in [2.05, 4.69) is 15.0 Å². The van der Waals surface area contributed by atoms with E-state index in [9.17, 15) is 14.0 Å². The molecule has 0 atom stereocenters. The quantitative estimate of drug-likeness (QED) is 0.589. The van der Waals surface area contributed by atoms with Gasteiger partial charge in [-0.15, -0.1) is 0 Å². The summed E-state index contributed by atoms with van der Waals surface area (Å²) in [5.41, 5.74) is 0.622. The van der Waals surface area contributed by atoms with E-state index < -0.39 is 17.1 Å². The molecule has 140 valence electrons. The minimum Gasteiger partial charge on any atom is -0.487 e. The first-order chi connectivity index (χ1) is 13.5. The van der Waals surface area contributed by atoms with Crippen LogP contribution in [0.15, 0.2) is 64.4 Å². The summed E-state index contributed by atoms with van der Waals surface area (Å²) in [6.45, 7) is 1.69. The van der Waals surface area contributed by atoms with E-state index in [4.69, 9.17) is 4.74 Å². The maximum Gasteiger partial charge on any atom is 0.333 e. The van der Waals surface area contributed by atoms with E-state index in [0.717, 1.165) is 4.57 Å². The van der Waals surface area contributed by atoms with Gasteiger partial charge in [0.05, 0.1) is 11.2 Å². The number of pyridine rings is 2. The lowest BCUT2D eigenvalue weighted by atomic mass is 10.2. The van der Waals surface area contributed by atoms with Crippen molar-refractivity contribution < 1.29 is 9.13 Å². The minimum atomic E-state index is -0.582. The molecular weight excluding hydrogens is 363 g/mol. The molecule has 3 heterocycles. The second-order valence-corrected chi connectivity index (χ2v) is 6.14. The molecule has 1 N–H and O–H groups in total. The zero-order valence-corrected chi connectivity index (χ0v) is 14.8. The average molecular weight is 378 g/mol. The zero-order chi connectivity index (χ0) is 19.7. The van der Waals surface area contributed by atoms with Crippen molar-refractivity contribution in [2.75, 3.05) is 0 Å².